The number of carbonyl (C=O) groups is 2. The van der Waals surface area contributed by atoms with Crippen LogP contribution >= 0.6 is 0 Å². The van der Waals surface area contributed by atoms with Crippen molar-refractivity contribution in [3.05, 3.63) is 0 Å². The van der Waals surface area contributed by atoms with Crippen LogP contribution < -0.4 is 0 Å². The van der Waals surface area contributed by atoms with Gasteiger partial charge in [-0.2, -0.15) is 0 Å². The number of hydrogen-bond donors (Lipinski definition) is 3. The molecule has 0 aliphatic rings. The standard InChI is InChI=1S/C51H101NO7/c1-5-9-13-17-19-24-34-46(32-22-15-11-7-3)44-58-50(56)38-28-26-36-48(54)42-52(40-30-21-31-41-53)43-49(55)37-27-29-39-51(57)59-45-47(33-23-16-12-8-4)35-25-20-18-14-10-6-2/h46-49,53-55H,5-45H2,1-4H3. The maximum Gasteiger partial charge on any atom is 0.305 e. The second-order valence-corrected chi connectivity index (χ2v) is 18.3. The summed E-state index contributed by atoms with van der Waals surface area (Å²) in [6, 6.07) is 0. The van der Waals surface area contributed by atoms with Crippen LogP contribution in [0.25, 0.3) is 0 Å². The van der Waals surface area contributed by atoms with Crippen LogP contribution in [0.15, 0.2) is 0 Å². The minimum atomic E-state index is -0.535. The van der Waals surface area contributed by atoms with E-state index in [1.807, 2.05) is 0 Å². The first-order chi connectivity index (χ1) is 28.8. The molecule has 0 aromatic rings. The maximum atomic E-state index is 12.6. The fourth-order valence-electron chi connectivity index (χ4n) is 8.29. The fraction of sp³-hybridized carbons (Fsp3) is 0.961. The van der Waals surface area contributed by atoms with E-state index in [9.17, 15) is 24.9 Å². The Balaban J connectivity index is 4.60. The van der Waals surface area contributed by atoms with Crippen LogP contribution in [0.1, 0.15) is 252 Å². The van der Waals surface area contributed by atoms with E-state index in [2.05, 4.69) is 32.6 Å². The highest BCUT2D eigenvalue weighted by Crippen LogP contribution is 2.22. The third-order valence-corrected chi connectivity index (χ3v) is 12.2. The zero-order valence-corrected chi connectivity index (χ0v) is 39.7. The number of aliphatic hydroxyl groups excluding tert-OH is 3. The first kappa shape index (κ1) is 57.8. The van der Waals surface area contributed by atoms with E-state index in [1.54, 1.807) is 0 Å². The lowest BCUT2D eigenvalue weighted by molar-refractivity contribution is -0.146. The summed E-state index contributed by atoms with van der Waals surface area (Å²) < 4.78 is 11.6. The predicted octanol–water partition coefficient (Wildman–Crippen LogP) is 13.1. The summed E-state index contributed by atoms with van der Waals surface area (Å²) in [5, 5.41) is 31.1. The molecule has 0 bridgehead atoms. The van der Waals surface area contributed by atoms with E-state index in [1.165, 1.54) is 128 Å². The zero-order chi connectivity index (χ0) is 43.4. The molecule has 0 aromatic heterocycles. The van der Waals surface area contributed by atoms with Gasteiger partial charge < -0.3 is 24.8 Å². The lowest BCUT2D eigenvalue weighted by Crippen LogP contribution is -2.38. The number of rotatable bonds is 47. The number of carbonyl (C=O) groups excluding carboxylic acids is 2. The number of esters is 2. The lowest BCUT2D eigenvalue weighted by Gasteiger charge is -2.27. The predicted molar refractivity (Wildman–Crippen MR) is 249 cm³/mol. The number of aliphatic hydroxyl groups is 3. The average Bonchev–Trinajstić information content (AvgIpc) is 3.22. The fourth-order valence-corrected chi connectivity index (χ4v) is 8.29. The summed E-state index contributed by atoms with van der Waals surface area (Å²) in [5.41, 5.74) is 0. The quantitative estimate of drug-likeness (QED) is 0.0410. The number of nitrogens with zero attached hydrogens (tertiary/aromatic N) is 1. The first-order valence-electron chi connectivity index (χ1n) is 25.8. The summed E-state index contributed by atoms with van der Waals surface area (Å²) in [6.07, 6.45) is 36.4. The molecule has 0 fully saturated rings. The molecule has 0 spiro atoms. The van der Waals surface area contributed by atoms with Gasteiger partial charge in [-0.25, -0.2) is 0 Å². The van der Waals surface area contributed by atoms with Crippen LogP contribution in [-0.2, 0) is 19.1 Å². The molecular weight excluding hydrogens is 739 g/mol. The highest BCUT2D eigenvalue weighted by molar-refractivity contribution is 5.69. The summed E-state index contributed by atoms with van der Waals surface area (Å²) in [5.74, 6) is 0.694. The average molecular weight is 840 g/mol. The van der Waals surface area contributed by atoms with Gasteiger partial charge in [0.05, 0.1) is 25.4 Å². The van der Waals surface area contributed by atoms with Gasteiger partial charge in [0.1, 0.15) is 0 Å². The normalized spacial score (nSPS) is 13.8. The molecule has 0 aliphatic heterocycles. The van der Waals surface area contributed by atoms with Crippen molar-refractivity contribution < 1.29 is 34.4 Å². The Kier molecular flexibility index (Phi) is 43.9. The molecule has 352 valence electrons. The van der Waals surface area contributed by atoms with Crippen molar-refractivity contribution in [2.75, 3.05) is 39.5 Å². The molecule has 0 aromatic carbocycles. The Morgan fingerprint density at radius 3 is 1.12 bits per heavy atom. The summed E-state index contributed by atoms with van der Waals surface area (Å²) in [6.45, 7) is 11.9. The van der Waals surface area contributed by atoms with Crippen molar-refractivity contribution in [1.82, 2.24) is 4.90 Å². The molecule has 3 N–H and O–H groups in total. The second-order valence-electron chi connectivity index (χ2n) is 18.3. The van der Waals surface area contributed by atoms with Crippen molar-refractivity contribution in [2.24, 2.45) is 11.8 Å². The van der Waals surface area contributed by atoms with Crippen molar-refractivity contribution >= 4 is 11.9 Å². The van der Waals surface area contributed by atoms with E-state index in [0.29, 0.717) is 76.7 Å². The number of ether oxygens (including phenoxy) is 2. The minimum Gasteiger partial charge on any atom is -0.465 e. The molecule has 0 saturated carbocycles. The van der Waals surface area contributed by atoms with Crippen LogP contribution in [0, 0.1) is 11.8 Å². The van der Waals surface area contributed by atoms with Crippen LogP contribution in [0.3, 0.4) is 0 Å². The molecule has 8 nitrogen and oxygen atoms in total. The van der Waals surface area contributed by atoms with E-state index in [-0.39, 0.29) is 18.5 Å². The third kappa shape index (κ3) is 40.6. The molecule has 0 rings (SSSR count). The molecule has 4 unspecified atom stereocenters. The molecule has 0 radical (unpaired) electrons. The van der Waals surface area contributed by atoms with Gasteiger partial charge in [-0.3, -0.25) is 14.5 Å². The van der Waals surface area contributed by atoms with Crippen LogP contribution in [0.2, 0.25) is 0 Å². The van der Waals surface area contributed by atoms with E-state index in [0.717, 1.165) is 64.3 Å². The smallest absolute Gasteiger partial charge is 0.305 e. The van der Waals surface area contributed by atoms with E-state index in [4.69, 9.17) is 9.47 Å². The van der Waals surface area contributed by atoms with Gasteiger partial charge in [-0.05, 0) is 89.0 Å². The zero-order valence-electron chi connectivity index (χ0n) is 39.7. The Hall–Kier alpha value is -1.22. The third-order valence-electron chi connectivity index (χ3n) is 12.2. The summed E-state index contributed by atoms with van der Waals surface area (Å²) in [4.78, 5) is 27.4. The molecule has 0 aliphatic carbocycles. The molecule has 59 heavy (non-hydrogen) atoms. The van der Waals surface area contributed by atoms with Gasteiger partial charge in [0, 0.05) is 32.5 Å². The van der Waals surface area contributed by atoms with Gasteiger partial charge in [-0.1, -0.05) is 169 Å². The summed E-state index contributed by atoms with van der Waals surface area (Å²) >= 11 is 0. The van der Waals surface area contributed by atoms with Crippen LogP contribution in [0.5, 0.6) is 0 Å². The first-order valence-corrected chi connectivity index (χ1v) is 25.8. The summed E-state index contributed by atoms with van der Waals surface area (Å²) in [7, 11) is 0. The van der Waals surface area contributed by atoms with E-state index >= 15 is 0 Å². The highest BCUT2D eigenvalue weighted by Gasteiger charge is 2.18. The van der Waals surface area contributed by atoms with Crippen molar-refractivity contribution in [3.63, 3.8) is 0 Å². The maximum absolute atomic E-state index is 12.6. The van der Waals surface area contributed by atoms with Gasteiger partial charge >= 0.3 is 11.9 Å². The Morgan fingerprint density at radius 2 is 0.746 bits per heavy atom. The Labute approximate surface area is 366 Å². The molecule has 8 heteroatoms. The topological polar surface area (TPSA) is 117 Å². The van der Waals surface area contributed by atoms with Crippen molar-refractivity contribution in [1.29, 1.82) is 0 Å². The van der Waals surface area contributed by atoms with Crippen molar-refractivity contribution in [2.45, 2.75) is 265 Å². The highest BCUT2D eigenvalue weighted by atomic mass is 16.5. The molecule has 0 amide bonds. The van der Waals surface area contributed by atoms with E-state index < -0.39 is 12.2 Å². The van der Waals surface area contributed by atoms with Crippen LogP contribution in [0.4, 0.5) is 0 Å². The SMILES string of the molecule is CCCCCCCCC(CCCCCC)COC(=O)CCCCC(O)CN(CCCCCO)CC(O)CCCCC(=O)OCC(CCCCCC)CCCCCCCC. The van der Waals surface area contributed by atoms with Gasteiger partial charge in [0.25, 0.3) is 0 Å². The molecule has 4 atom stereocenters. The lowest BCUT2D eigenvalue weighted by atomic mass is 9.95. The monoisotopic (exact) mass is 840 g/mol. The molecule has 0 heterocycles. The second kappa shape index (κ2) is 44.8. The number of hydrogen-bond acceptors (Lipinski definition) is 8. The number of unbranched alkanes of at least 4 members (excludes halogenated alkanes) is 20. The largest absolute Gasteiger partial charge is 0.465 e. The van der Waals surface area contributed by atoms with Gasteiger partial charge in [0.15, 0.2) is 0 Å². The molecular formula is C51H101NO7. The minimum absolute atomic E-state index is 0.117. The van der Waals surface area contributed by atoms with Gasteiger partial charge in [0.2, 0.25) is 0 Å². The Bertz CT molecular complexity index is 824. The Morgan fingerprint density at radius 1 is 0.424 bits per heavy atom. The van der Waals surface area contributed by atoms with Crippen molar-refractivity contribution in [3.8, 4) is 0 Å². The van der Waals surface area contributed by atoms with Crippen LogP contribution in [-0.4, -0.2) is 83.8 Å². The van der Waals surface area contributed by atoms with Gasteiger partial charge in [-0.15, -0.1) is 0 Å². The molecule has 0 saturated heterocycles.